The SMILES string of the molecule is Cc1noc(C)c1C(=O)N1CCC(N[C@H](Cc2ccc(Cl)cc2)C(=O)N2CCC(Cn3cncn3)(C3CCCCC3)CC2)CC1. The number of likely N-dealkylation sites (tertiary alicyclic amines) is 2. The van der Waals surface area contributed by atoms with Crippen molar-refractivity contribution in [1.29, 1.82) is 0 Å². The van der Waals surface area contributed by atoms with Crippen LogP contribution in [0.1, 0.15) is 85.2 Å². The summed E-state index contributed by atoms with van der Waals surface area (Å²) in [5.41, 5.74) is 2.41. The van der Waals surface area contributed by atoms with E-state index in [1.807, 2.05) is 40.2 Å². The van der Waals surface area contributed by atoms with Crippen molar-refractivity contribution in [2.45, 2.75) is 96.7 Å². The Morgan fingerprint density at radius 2 is 1.71 bits per heavy atom. The van der Waals surface area contributed by atoms with Gasteiger partial charge in [0.1, 0.15) is 24.0 Å². The standard InChI is InChI=1S/C34H46ClN7O3/c1-24-31(25(2)45-39-24)33(44)40-16-12-29(13-17-40)38-30(20-26-8-10-28(35)11-9-26)32(43)41-18-14-34(15-19-41,21-42-23-36-22-37-42)27-6-4-3-5-7-27/h8-11,22-23,27,29-30,38H,3-7,12-21H2,1-2H3/t30-/m1/s1. The van der Waals surface area contributed by atoms with Crippen LogP contribution in [-0.4, -0.2) is 79.8 Å². The number of hydrogen-bond acceptors (Lipinski definition) is 7. The Morgan fingerprint density at radius 1 is 1.00 bits per heavy atom. The second-order valence-corrected chi connectivity index (χ2v) is 13.9. The van der Waals surface area contributed by atoms with Gasteiger partial charge in [-0.25, -0.2) is 4.98 Å². The van der Waals surface area contributed by atoms with Crippen molar-refractivity contribution < 1.29 is 14.1 Å². The molecule has 3 aromatic rings. The molecule has 0 unspecified atom stereocenters. The number of amides is 2. The van der Waals surface area contributed by atoms with Crippen LogP contribution in [0.3, 0.4) is 0 Å². The summed E-state index contributed by atoms with van der Waals surface area (Å²) >= 11 is 6.18. The fraction of sp³-hybridized carbons (Fsp3) is 0.618. The van der Waals surface area contributed by atoms with Gasteiger partial charge in [0.2, 0.25) is 5.91 Å². The molecule has 3 aliphatic rings. The van der Waals surface area contributed by atoms with E-state index in [0.29, 0.717) is 47.5 Å². The Bertz CT molecular complexity index is 1400. The summed E-state index contributed by atoms with van der Waals surface area (Å²) in [6, 6.07) is 7.59. The van der Waals surface area contributed by atoms with Crippen molar-refractivity contribution in [3.8, 4) is 0 Å². The second kappa shape index (κ2) is 14.0. The Kier molecular flexibility index (Phi) is 9.90. The Labute approximate surface area is 270 Å². The highest BCUT2D eigenvalue weighted by atomic mass is 35.5. The van der Waals surface area contributed by atoms with Crippen molar-refractivity contribution in [1.82, 2.24) is 35.0 Å². The zero-order valence-corrected chi connectivity index (χ0v) is 27.3. The quantitative estimate of drug-likeness (QED) is 0.343. The van der Waals surface area contributed by atoms with E-state index in [1.54, 1.807) is 20.2 Å². The van der Waals surface area contributed by atoms with Crippen molar-refractivity contribution in [2.24, 2.45) is 11.3 Å². The molecule has 10 nitrogen and oxygen atoms in total. The van der Waals surface area contributed by atoms with Gasteiger partial charge in [-0.15, -0.1) is 0 Å². The largest absolute Gasteiger partial charge is 0.361 e. The van der Waals surface area contributed by atoms with E-state index < -0.39 is 0 Å². The summed E-state index contributed by atoms with van der Waals surface area (Å²) in [5, 5.41) is 12.8. The first-order valence-corrected chi connectivity index (χ1v) is 17.0. The average Bonchev–Trinajstić information content (AvgIpc) is 3.70. The highest BCUT2D eigenvalue weighted by molar-refractivity contribution is 6.30. The zero-order chi connectivity index (χ0) is 31.4. The van der Waals surface area contributed by atoms with Gasteiger partial charge in [-0.3, -0.25) is 14.3 Å². The number of benzene rings is 1. The predicted molar refractivity (Wildman–Crippen MR) is 172 cm³/mol. The zero-order valence-electron chi connectivity index (χ0n) is 26.6. The van der Waals surface area contributed by atoms with Gasteiger partial charge in [0.15, 0.2) is 0 Å². The van der Waals surface area contributed by atoms with Gasteiger partial charge in [-0.05, 0) is 87.8 Å². The van der Waals surface area contributed by atoms with Gasteiger partial charge in [-0.1, -0.05) is 48.2 Å². The molecule has 2 amide bonds. The molecule has 1 saturated carbocycles. The molecular weight excluding hydrogens is 590 g/mol. The van der Waals surface area contributed by atoms with Crippen LogP contribution in [-0.2, 0) is 17.8 Å². The minimum atomic E-state index is -0.349. The van der Waals surface area contributed by atoms with Crippen LogP contribution < -0.4 is 5.32 Å². The first-order chi connectivity index (χ1) is 21.8. The molecule has 0 radical (unpaired) electrons. The van der Waals surface area contributed by atoms with Gasteiger partial charge >= 0.3 is 0 Å². The van der Waals surface area contributed by atoms with Crippen molar-refractivity contribution in [2.75, 3.05) is 26.2 Å². The molecule has 4 heterocycles. The van der Waals surface area contributed by atoms with Crippen molar-refractivity contribution in [3.05, 3.63) is 64.5 Å². The Morgan fingerprint density at radius 3 is 2.33 bits per heavy atom. The maximum Gasteiger partial charge on any atom is 0.259 e. The monoisotopic (exact) mass is 635 g/mol. The van der Waals surface area contributed by atoms with E-state index >= 15 is 0 Å². The molecule has 0 bridgehead atoms. The molecule has 3 fully saturated rings. The highest BCUT2D eigenvalue weighted by Gasteiger charge is 2.44. The van der Waals surface area contributed by atoms with Gasteiger partial charge < -0.3 is 19.6 Å². The highest BCUT2D eigenvalue weighted by Crippen LogP contribution is 2.47. The van der Waals surface area contributed by atoms with Crippen LogP contribution in [0.2, 0.25) is 5.02 Å². The van der Waals surface area contributed by atoms with Gasteiger partial charge in [0, 0.05) is 43.8 Å². The minimum Gasteiger partial charge on any atom is -0.361 e. The molecular formula is C34H46ClN7O3. The summed E-state index contributed by atoms with van der Waals surface area (Å²) in [4.78, 5) is 35.7. The number of nitrogens with zero attached hydrogens (tertiary/aromatic N) is 6. The third-order valence-electron chi connectivity index (χ3n) is 10.6. The molecule has 2 aliphatic heterocycles. The van der Waals surface area contributed by atoms with Crippen LogP contribution in [0.25, 0.3) is 0 Å². The van der Waals surface area contributed by atoms with Crippen LogP contribution in [0, 0.1) is 25.2 Å². The van der Waals surface area contributed by atoms with Crippen LogP contribution in [0.15, 0.2) is 41.4 Å². The Balaban J connectivity index is 1.13. The maximum atomic E-state index is 14.3. The number of aryl methyl sites for hydroxylation is 2. The topological polar surface area (TPSA) is 109 Å². The number of hydrogen-bond donors (Lipinski definition) is 1. The van der Waals surface area contributed by atoms with Crippen molar-refractivity contribution >= 4 is 23.4 Å². The Hall–Kier alpha value is -3.24. The third-order valence-corrected chi connectivity index (χ3v) is 10.9. The van der Waals surface area contributed by atoms with Gasteiger partial charge in [-0.2, -0.15) is 5.10 Å². The average molecular weight is 636 g/mol. The molecule has 2 saturated heterocycles. The molecule has 1 aliphatic carbocycles. The first-order valence-electron chi connectivity index (χ1n) is 16.7. The maximum absolute atomic E-state index is 14.3. The summed E-state index contributed by atoms with van der Waals surface area (Å²) in [5.74, 6) is 1.35. The number of aromatic nitrogens is 4. The number of piperidine rings is 2. The van der Waals surface area contributed by atoms with E-state index in [-0.39, 0.29) is 29.3 Å². The molecule has 242 valence electrons. The molecule has 6 rings (SSSR count). The first kappa shape index (κ1) is 31.7. The van der Waals surface area contributed by atoms with E-state index in [0.717, 1.165) is 50.9 Å². The van der Waals surface area contributed by atoms with Crippen LogP contribution in [0.5, 0.6) is 0 Å². The van der Waals surface area contributed by atoms with Gasteiger partial charge in [0.25, 0.3) is 5.91 Å². The van der Waals surface area contributed by atoms with Crippen molar-refractivity contribution in [3.63, 3.8) is 0 Å². The lowest BCUT2D eigenvalue weighted by Gasteiger charge is -2.48. The van der Waals surface area contributed by atoms with E-state index in [1.165, 1.54) is 32.1 Å². The number of carbonyl (C=O) groups excluding carboxylic acids is 2. The summed E-state index contributed by atoms with van der Waals surface area (Å²) in [6.45, 7) is 7.22. The van der Waals surface area contributed by atoms with Gasteiger partial charge in [0.05, 0.1) is 11.7 Å². The van der Waals surface area contributed by atoms with Crippen LogP contribution in [0.4, 0.5) is 0 Å². The van der Waals surface area contributed by atoms with Crippen LogP contribution >= 0.6 is 11.6 Å². The predicted octanol–water partition coefficient (Wildman–Crippen LogP) is 5.23. The number of rotatable bonds is 9. The third kappa shape index (κ3) is 7.27. The molecule has 11 heteroatoms. The lowest BCUT2D eigenvalue weighted by molar-refractivity contribution is -0.137. The lowest BCUT2D eigenvalue weighted by atomic mass is 9.63. The molecule has 2 aromatic heterocycles. The summed E-state index contributed by atoms with van der Waals surface area (Å²) < 4.78 is 7.23. The molecule has 1 atom stereocenters. The lowest BCUT2D eigenvalue weighted by Crippen LogP contribution is -2.56. The normalized spacial score (nSPS) is 20.3. The van der Waals surface area contributed by atoms with E-state index in [2.05, 4.69) is 25.5 Å². The second-order valence-electron chi connectivity index (χ2n) is 13.4. The summed E-state index contributed by atoms with van der Waals surface area (Å²) in [6.07, 6.45) is 14.0. The minimum absolute atomic E-state index is 0.0286. The number of carbonyl (C=O) groups is 2. The van der Waals surface area contributed by atoms with E-state index in [4.69, 9.17) is 16.1 Å². The number of nitrogens with one attached hydrogen (secondary N) is 1. The fourth-order valence-corrected chi connectivity index (χ4v) is 8.12. The smallest absolute Gasteiger partial charge is 0.259 e. The fourth-order valence-electron chi connectivity index (χ4n) is 7.99. The molecule has 1 N–H and O–H groups in total. The molecule has 45 heavy (non-hydrogen) atoms. The van der Waals surface area contributed by atoms with E-state index in [9.17, 15) is 9.59 Å². The molecule has 1 aromatic carbocycles. The number of halogens is 1. The molecule has 0 spiro atoms. The summed E-state index contributed by atoms with van der Waals surface area (Å²) in [7, 11) is 0.